The fourth-order valence-electron chi connectivity index (χ4n) is 1.19. The first-order valence-electron chi connectivity index (χ1n) is 5.15. The van der Waals surface area contributed by atoms with Gasteiger partial charge in [0.2, 0.25) is 0 Å². The number of hydrogen-bond acceptors (Lipinski definition) is 2. The van der Waals surface area contributed by atoms with Gasteiger partial charge in [0.25, 0.3) is 0 Å². The quantitative estimate of drug-likeness (QED) is 0.531. The molecule has 0 aromatic carbocycles. The molecular formula is C11H22NO. The van der Waals surface area contributed by atoms with Crippen LogP contribution >= 0.6 is 0 Å². The van der Waals surface area contributed by atoms with Crippen molar-refractivity contribution in [1.82, 2.24) is 0 Å². The third-order valence-electron chi connectivity index (χ3n) is 1.99. The summed E-state index contributed by atoms with van der Waals surface area (Å²) in [7, 11) is 1.78. The highest BCUT2D eigenvalue weighted by Crippen LogP contribution is 2.05. The van der Waals surface area contributed by atoms with Crippen molar-refractivity contribution in [2.75, 3.05) is 13.7 Å². The molecule has 0 aromatic rings. The smallest absolute Gasteiger partial charge is 0.0588 e. The summed E-state index contributed by atoms with van der Waals surface area (Å²) in [6.07, 6.45) is 7.64. The lowest BCUT2D eigenvalue weighted by Gasteiger charge is -2.11. The number of methoxy groups -OCH3 is 1. The largest absolute Gasteiger partial charge is 0.381 e. The highest BCUT2D eigenvalue weighted by Gasteiger charge is 2.03. The summed E-state index contributed by atoms with van der Waals surface area (Å²) in [5.41, 5.74) is 0. The van der Waals surface area contributed by atoms with Crippen LogP contribution in [0.1, 0.15) is 39.0 Å². The molecule has 1 unspecified atom stereocenters. The normalized spacial score (nSPS) is 13.8. The summed E-state index contributed by atoms with van der Waals surface area (Å²) in [6.45, 7) is 6.81. The van der Waals surface area contributed by atoms with Gasteiger partial charge in [-0.15, -0.1) is 0 Å². The van der Waals surface area contributed by atoms with E-state index in [0.717, 1.165) is 32.2 Å². The van der Waals surface area contributed by atoms with E-state index in [9.17, 15) is 0 Å². The molecule has 0 heterocycles. The van der Waals surface area contributed by atoms with Gasteiger partial charge in [0.15, 0.2) is 0 Å². The number of nitrogens with zero attached hydrogens (tertiary/aromatic N) is 1. The predicted octanol–water partition coefficient (Wildman–Crippen LogP) is 2.88. The van der Waals surface area contributed by atoms with E-state index in [0.29, 0.717) is 6.10 Å². The Bertz CT molecular complexity index is 123. The molecular weight excluding hydrogens is 162 g/mol. The molecule has 0 aromatic heterocycles. The minimum Gasteiger partial charge on any atom is -0.381 e. The Morgan fingerprint density at radius 2 is 2.23 bits per heavy atom. The van der Waals surface area contributed by atoms with Crippen LogP contribution in [0.15, 0.2) is 4.99 Å². The van der Waals surface area contributed by atoms with E-state index in [1.54, 1.807) is 7.11 Å². The molecule has 0 spiro atoms. The van der Waals surface area contributed by atoms with E-state index in [4.69, 9.17) is 4.74 Å². The van der Waals surface area contributed by atoms with Gasteiger partial charge in [0.05, 0.1) is 6.10 Å². The van der Waals surface area contributed by atoms with Crippen molar-refractivity contribution >= 4 is 6.21 Å². The minimum atomic E-state index is 0.391. The highest BCUT2D eigenvalue weighted by molar-refractivity contribution is 5.56. The van der Waals surface area contributed by atoms with Crippen LogP contribution in [0, 0.1) is 6.92 Å². The Hall–Kier alpha value is -0.370. The molecule has 2 nitrogen and oxygen atoms in total. The molecule has 1 atom stereocenters. The van der Waals surface area contributed by atoms with E-state index in [-0.39, 0.29) is 0 Å². The average Bonchev–Trinajstić information content (AvgIpc) is 2.16. The van der Waals surface area contributed by atoms with Crippen LogP contribution in [0.3, 0.4) is 0 Å². The molecule has 0 aliphatic carbocycles. The lowest BCUT2D eigenvalue weighted by Crippen LogP contribution is -2.11. The minimum absolute atomic E-state index is 0.391. The zero-order valence-corrected chi connectivity index (χ0v) is 8.96. The maximum atomic E-state index is 5.31. The summed E-state index contributed by atoms with van der Waals surface area (Å²) in [6, 6.07) is 0. The summed E-state index contributed by atoms with van der Waals surface area (Å²) < 4.78 is 5.31. The van der Waals surface area contributed by atoms with Gasteiger partial charge < -0.3 is 4.74 Å². The molecule has 0 saturated heterocycles. The number of ether oxygens (including phenoxy) is 1. The molecule has 0 amide bonds. The number of rotatable bonds is 8. The first-order chi connectivity index (χ1) is 6.35. The van der Waals surface area contributed by atoms with Gasteiger partial charge in [0, 0.05) is 13.7 Å². The first-order valence-corrected chi connectivity index (χ1v) is 5.15. The second-order valence-electron chi connectivity index (χ2n) is 3.17. The van der Waals surface area contributed by atoms with Crippen molar-refractivity contribution in [2.45, 2.75) is 45.1 Å². The molecule has 13 heavy (non-hydrogen) atoms. The lowest BCUT2D eigenvalue weighted by atomic mass is 10.1. The van der Waals surface area contributed by atoms with Crippen molar-refractivity contribution in [1.29, 1.82) is 0 Å². The Morgan fingerprint density at radius 3 is 2.77 bits per heavy atom. The van der Waals surface area contributed by atoms with E-state index >= 15 is 0 Å². The van der Waals surface area contributed by atoms with E-state index < -0.39 is 0 Å². The second-order valence-corrected chi connectivity index (χ2v) is 3.17. The van der Waals surface area contributed by atoms with Crippen LogP contribution in [-0.2, 0) is 4.74 Å². The monoisotopic (exact) mass is 184 g/mol. The average molecular weight is 184 g/mol. The molecule has 0 bridgehead atoms. The molecule has 2 heteroatoms. The predicted molar refractivity (Wildman–Crippen MR) is 58.3 cm³/mol. The Labute approximate surface area is 82.4 Å². The zero-order chi connectivity index (χ0) is 9.94. The molecule has 0 aliphatic heterocycles. The van der Waals surface area contributed by atoms with Gasteiger partial charge in [-0.1, -0.05) is 20.3 Å². The van der Waals surface area contributed by atoms with Crippen molar-refractivity contribution in [2.24, 2.45) is 4.99 Å². The van der Waals surface area contributed by atoms with Gasteiger partial charge in [-0.2, -0.15) is 0 Å². The van der Waals surface area contributed by atoms with Gasteiger partial charge in [-0.25, -0.2) is 0 Å². The maximum Gasteiger partial charge on any atom is 0.0588 e. The van der Waals surface area contributed by atoms with Crippen LogP contribution in [0.25, 0.3) is 0 Å². The number of hydrogen-bond donors (Lipinski definition) is 0. The van der Waals surface area contributed by atoms with Gasteiger partial charge in [-0.3, -0.25) is 4.99 Å². The second kappa shape index (κ2) is 9.72. The fraction of sp³-hybridized carbons (Fsp3) is 0.818. The standard InChI is InChI=1S/C11H22NO/c1-4-6-9-12-10-8-11(13-3)7-5-2/h9,11H,1,4-8,10H2,2-3H3. The summed E-state index contributed by atoms with van der Waals surface area (Å²) in [4.78, 5) is 4.29. The van der Waals surface area contributed by atoms with Crippen molar-refractivity contribution in [3.05, 3.63) is 6.92 Å². The Balaban J connectivity index is 3.37. The SMILES string of the molecule is [CH2]CCC=NCCC(CCC)OC. The molecule has 1 radical (unpaired) electrons. The zero-order valence-electron chi connectivity index (χ0n) is 8.96. The molecule has 0 aliphatic rings. The first kappa shape index (κ1) is 12.6. The third-order valence-corrected chi connectivity index (χ3v) is 1.99. The molecule has 0 fully saturated rings. The van der Waals surface area contributed by atoms with Gasteiger partial charge in [-0.05, 0) is 31.9 Å². The van der Waals surface area contributed by atoms with Crippen LogP contribution in [-0.4, -0.2) is 26.0 Å². The molecule has 0 saturated carbocycles. The Morgan fingerprint density at radius 1 is 1.46 bits per heavy atom. The number of aliphatic imine (C=N–C) groups is 1. The lowest BCUT2D eigenvalue weighted by molar-refractivity contribution is 0.0895. The van der Waals surface area contributed by atoms with Crippen molar-refractivity contribution in [3.63, 3.8) is 0 Å². The van der Waals surface area contributed by atoms with Gasteiger partial charge >= 0.3 is 0 Å². The topological polar surface area (TPSA) is 21.6 Å². The fourth-order valence-corrected chi connectivity index (χ4v) is 1.19. The van der Waals surface area contributed by atoms with Crippen LogP contribution in [0.2, 0.25) is 0 Å². The van der Waals surface area contributed by atoms with E-state index in [1.807, 2.05) is 6.21 Å². The van der Waals surface area contributed by atoms with Crippen molar-refractivity contribution in [3.8, 4) is 0 Å². The van der Waals surface area contributed by atoms with E-state index in [1.165, 1.54) is 6.42 Å². The summed E-state index contributed by atoms with van der Waals surface area (Å²) in [5.74, 6) is 0. The van der Waals surface area contributed by atoms with E-state index in [2.05, 4.69) is 18.8 Å². The van der Waals surface area contributed by atoms with Crippen LogP contribution in [0.5, 0.6) is 0 Å². The highest BCUT2D eigenvalue weighted by atomic mass is 16.5. The molecule has 0 rings (SSSR count). The number of unbranched alkanes of at least 4 members (excludes halogenated alkanes) is 1. The molecule has 77 valence electrons. The van der Waals surface area contributed by atoms with Gasteiger partial charge in [0.1, 0.15) is 0 Å². The summed E-state index contributed by atoms with van der Waals surface area (Å²) >= 11 is 0. The Kier molecular flexibility index (Phi) is 9.44. The summed E-state index contributed by atoms with van der Waals surface area (Å²) in [5, 5.41) is 0. The van der Waals surface area contributed by atoms with Crippen molar-refractivity contribution < 1.29 is 4.74 Å². The third kappa shape index (κ3) is 7.97. The molecule has 0 N–H and O–H groups in total. The maximum absolute atomic E-state index is 5.31. The van der Waals surface area contributed by atoms with Crippen LogP contribution in [0.4, 0.5) is 0 Å². The van der Waals surface area contributed by atoms with Crippen LogP contribution < -0.4 is 0 Å².